The van der Waals surface area contributed by atoms with Crippen molar-refractivity contribution in [1.29, 1.82) is 0 Å². The lowest BCUT2D eigenvalue weighted by molar-refractivity contribution is 0.144. The first-order valence-electron chi connectivity index (χ1n) is 8.78. The van der Waals surface area contributed by atoms with Crippen LogP contribution in [0.15, 0.2) is 36.5 Å². The fourth-order valence-corrected chi connectivity index (χ4v) is 2.82. The van der Waals surface area contributed by atoms with E-state index in [1.165, 1.54) is 16.6 Å². The van der Waals surface area contributed by atoms with E-state index in [4.69, 9.17) is 0 Å². The third-order valence-electron chi connectivity index (χ3n) is 4.03. The maximum Gasteiger partial charge on any atom is 0.282 e. The van der Waals surface area contributed by atoms with Crippen molar-refractivity contribution < 1.29 is 8.78 Å². The molecular weight excluding hydrogens is 338 g/mol. The fraction of sp³-hybridized carbons (Fsp3) is 0.389. The van der Waals surface area contributed by atoms with E-state index in [-0.39, 0.29) is 5.69 Å². The molecule has 0 amide bonds. The lowest BCUT2D eigenvalue weighted by Gasteiger charge is -2.12. The Morgan fingerprint density at radius 3 is 2.81 bits per heavy atom. The second-order valence-corrected chi connectivity index (χ2v) is 5.71. The molecule has 0 spiro atoms. The average Bonchev–Trinajstić information content (AvgIpc) is 3.32. The number of imidazole rings is 1. The van der Waals surface area contributed by atoms with Gasteiger partial charge in [-0.3, -0.25) is 0 Å². The van der Waals surface area contributed by atoms with E-state index < -0.39 is 6.43 Å². The third kappa shape index (κ3) is 3.80. The summed E-state index contributed by atoms with van der Waals surface area (Å²) in [4.78, 5) is 8.79. The van der Waals surface area contributed by atoms with Crippen molar-refractivity contribution in [3.8, 4) is 11.4 Å². The van der Waals surface area contributed by atoms with E-state index in [0.717, 1.165) is 25.3 Å². The minimum atomic E-state index is -2.62. The van der Waals surface area contributed by atoms with Gasteiger partial charge in [-0.15, -0.1) is 0 Å². The molecule has 1 saturated heterocycles. The van der Waals surface area contributed by atoms with Gasteiger partial charge < -0.3 is 10.6 Å². The molecule has 3 aromatic heterocycles. The molecule has 3 aromatic rings. The summed E-state index contributed by atoms with van der Waals surface area (Å²) >= 11 is 0. The van der Waals surface area contributed by atoms with Crippen molar-refractivity contribution in [2.24, 2.45) is 0 Å². The van der Waals surface area contributed by atoms with E-state index in [2.05, 4.69) is 25.7 Å². The summed E-state index contributed by atoms with van der Waals surface area (Å²) in [6.45, 7) is 5.89. The van der Waals surface area contributed by atoms with Gasteiger partial charge in [0.1, 0.15) is 17.2 Å². The van der Waals surface area contributed by atoms with Crippen molar-refractivity contribution in [1.82, 2.24) is 24.9 Å². The Morgan fingerprint density at radius 1 is 1.23 bits per heavy atom. The minimum Gasteiger partial charge on any atom is -0.366 e. The van der Waals surface area contributed by atoms with Crippen molar-refractivity contribution >= 4 is 11.5 Å². The van der Waals surface area contributed by atoms with Gasteiger partial charge in [-0.25, -0.2) is 23.3 Å². The molecule has 0 bridgehead atoms. The minimum absolute atomic E-state index is 0.284. The van der Waals surface area contributed by atoms with E-state index in [9.17, 15) is 8.78 Å². The van der Waals surface area contributed by atoms with Crippen LogP contribution in [-0.2, 0) is 0 Å². The lowest BCUT2D eigenvalue weighted by Crippen LogP contribution is -2.22. The number of pyridine rings is 1. The van der Waals surface area contributed by atoms with E-state index in [1.54, 1.807) is 6.20 Å². The first-order valence-corrected chi connectivity index (χ1v) is 8.78. The van der Waals surface area contributed by atoms with Gasteiger partial charge in [0.05, 0.1) is 11.9 Å². The zero-order valence-electron chi connectivity index (χ0n) is 14.8. The van der Waals surface area contributed by atoms with Crippen LogP contribution in [0.3, 0.4) is 0 Å². The van der Waals surface area contributed by atoms with Crippen molar-refractivity contribution in [2.75, 3.05) is 18.4 Å². The van der Waals surface area contributed by atoms with Crippen LogP contribution in [-0.4, -0.2) is 38.7 Å². The summed E-state index contributed by atoms with van der Waals surface area (Å²) in [5.74, 6) is 0.751. The highest BCUT2D eigenvalue weighted by atomic mass is 19.3. The number of fused-ring (bicyclic) bond motifs is 1. The predicted octanol–water partition coefficient (Wildman–Crippen LogP) is 3.53. The molecule has 138 valence electrons. The van der Waals surface area contributed by atoms with Gasteiger partial charge in [0.25, 0.3) is 6.43 Å². The second-order valence-electron chi connectivity index (χ2n) is 5.71. The normalized spacial score (nSPS) is 16.6. The Kier molecular flexibility index (Phi) is 5.72. The number of nitrogens with zero attached hydrogens (tertiary/aromatic N) is 4. The Hall–Kier alpha value is -2.61. The molecule has 1 atom stereocenters. The lowest BCUT2D eigenvalue weighted by atomic mass is 10.2. The standard InChI is InChI=1S/C16H16F2N6.C2H6/c17-16(18)12-4-5-15-20-9-13(24(15)23-12)11-2-1-3-14(22-11)21-10-6-7-19-8-10;1-2/h1-5,9-10,16,19H,6-8H2,(H,21,22);1-2H3. The number of hydrogen-bond donors (Lipinski definition) is 2. The molecule has 1 fully saturated rings. The smallest absolute Gasteiger partial charge is 0.282 e. The largest absolute Gasteiger partial charge is 0.366 e. The number of halogens is 2. The third-order valence-corrected chi connectivity index (χ3v) is 4.03. The molecule has 1 aliphatic heterocycles. The number of hydrogen-bond acceptors (Lipinski definition) is 5. The molecule has 6 nitrogen and oxygen atoms in total. The number of aromatic nitrogens is 4. The molecule has 2 N–H and O–H groups in total. The van der Waals surface area contributed by atoms with E-state index >= 15 is 0 Å². The first kappa shape index (κ1) is 18.2. The Morgan fingerprint density at radius 2 is 2.08 bits per heavy atom. The highest BCUT2D eigenvalue weighted by Gasteiger charge is 2.16. The summed E-state index contributed by atoms with van der Waals surface area (Å²) in [5.41, 5.74) is 1.45. The number of alkyl halides is 2. The van der Waals surface area contributed by atoms with Crippen LogP contribution in [0.4, 0.5) is 14.6 Å². The maximum absolute atomic E-state index is 12.9. The highest BCUT2D eigenvalue weighted by molar-refractivity contribution is 5.61. The number of rotatable bonds is 4. The Balaban J connectivity index is 0.000000948. The van der Waals surface area contributed by atoms with Crippen LogP contribution >= 0.6 is 0 Å². The Labute approximate surface area is 150 Å². The Bertz CT molecular complexity index is 858. The zero-order chi connectivity index (χ0) is 18.5. The summed E-state index contributed by atoms with van der Waals surface area (Å²) in [6, 6.07) is 8.75. The average molecular weight is 360 g/mol. The van der Waals surface area contributed by atoms with Crippen molar-refractivity contribution in [3.05, 3.63) is 42.2 Å². The quantitative estimate of drug-likeness (QED) is 0.745. The molecule has 4 heterocycles. The summed E-state index contributed by atoms with van der Waals surface area (Å²) in [7, 11) is 0. The van der Waals surface area contributed by atoms with Gasteiger partial charge in [0.15, 0.2) is 5.65 Å². The topological polar surface area (TPSA) is 67.1 Å². The number of nitrogens with one attached hydrogen (secondary N) is 2. The predicted molar refractivity (Wildman–Crippen MR) is 97.4 cm³/mol. The maximum atomic E-state index is 12.9. The molecule has 0 aliphatic carbocycles. The van der Waals surface area contributed by atoms with Gasteiger partial charge in [-0.05, 0) is 37.2 Å². The zero-order valence-corrected chi connectivity index (χ0v) is 14.8. The van der Waals surface area contributed by atoms with Gasteiger partial charge in [-0.1, -0.05) is 19.9 Å². The SMILES string of the molecule is CC.FC(F)c1ccc2ncc(-c3cccc(NC4CCNC4)n3)n2n1. The van der Waals surface area contributed by atoms with Gasteiger partial charge >= 0.3 is 0 Å². The van der Waals surface area contributed by atoms with Crippen LogP contribution in [0.2, 0.25) is 0 Å². The van der Waals surface area contributed by atoms with Gasteiger partial charge in [-0.2, -0.15) is 5.10 Å². The summed E-state index contributed by atoms with van der Waals surface area (Å²) in [5, 5.41) is 10.6. The molecule has 0 saturated carbocycles. The monoisotopic (exact) mass is 360 g/mol. The fourth-order valence-electron chi connectivity index (χ4n) is 2.82. The molecule has 1 unspecified atom stereocenters. The van der Waals surface area contributed by atoms with E-state index in [0.29, 0.717) is 23.1 Å². The van der Waals surface area contributed by atoms with Gasteiger partial charge in [0, 0.05) is 12.6 Å². The molecule has 26 heavy (non-hydrogen) atoms. The van der Waals surface area contributed by atoms with Crippen LogP contribution < -0.4 is 10.6 Å². The molecule has 0 aromatic carbocycles. The van der Waals surface area contributed by atoms with E-state index in [1.807, 2.05) is 32.0 Å². The van der Waals surface area contributed by atoms with Crippen LogP contribution in [0.25, 0.3) is 17.0 Å². The molecule has 1 aliphatic rings. The molecular formula is C18H22F2N6. The number of anilines is 1. The summed E-state index contributed by atoms with van der Waals surface area (Å²) < 4.78 is 27.2. The second kappa shape index (κ2) is 8.18. The van der Waals surface area contributed by atoms with Crippen molar-refractivity contribution in [3.63, 3.8) is 0 Å². The van der Waals surface area contributed by atoms with Gasteiger partial charge in [0.2, 0.25) is 0 Å². The highest BCUT2D eigenvalue weighted by Crippen LogP contribution is 2.22. The summed E-state index contributed by atoms with van der Waals surface area (Å²) in [6.07, 6.45) is 0.0160. The molecule has 4 rings (SSSR count). The van der Waals surface area contributed by atoms with Crippen LogP contribution in [0.5, 0.6) is 0 Å². The van der Waals surface area contributed by atoms with Crippen LogP contribution in [0.1, 0.15) is 32.4 Å². The van der Waals surface area contributed by atoms with Crippen LogP contribution in [0, 0.1) is 0 Å². The molecule has 8 heteroatoms. The molecule has 0 radical (unpaired) electrons. The first-order chi connectivity index (χ1) is 12.7. The van der Waals surface area contributed by atoms with Crippen molar-refractivity contribution in [2.45, 2.75) is 32.7 Å².